The number of carboxylic acid groups (broad SMARTS) is 1. The molecule has 0 saturated heterocycles. The molecule has 0 spiro atoms. The molecule has 1 unspecified atom stereocenters. The Morgan fingerprint density at radius 2 is 1.88 bits per heavy atom. The summed E-state index contributed by atoms with van der Waals surface area (Å²) in [5.41, 5.74) is -2.01. The number of carbonyl (C=O) groups excluding carboxylic acids is 1. The molecule has 8 heteroatoms. The molecular weight excluding hydrogens is 314 g/mol. The summed E-state index contributed by atoms with van der Waals surface area (Å²) >= 11 is 0. The third-order valence-corrected chi connectivity index (χ3v) is 3.73. The fraction of sp³-hybridized carbons (Fsp3) is 0.250. The van der Waals surface area contributed by atoms with Gasteiger partial charge in [-0.2, -0.15) is 0 Å². The Morgan fingerprint density at radius 1 is 1.21 bits per heavy atom. The van der Waals surface area contributed by atoms with Crippen LogP contribution >= 0.6 is 0 Å². The summed E-state index contributed by atoms with van der Waals surface area (Å²) in [7, 11) is 0. The van der Waals surface area contributed by atoms with Crippen molar-refractivity contribution in [3.8, 4) is 0 Å². The normalized spacial score (nSPS) is 13.0. The van der Waals surface area contributed by atoms with Gasteiger partial charge < -0.3 is 10.4 Å². The molecule has 8 nitrogen and oxygen atoms in total. The summed E-state index contributed by atoms with van der Waals surface area (Å²) < 4.78 is 1.03. The molecule has 2 rings (SSSR count). The Morgan fingerprint density at radius 3 is 2.46 bits per heavy atom. The van der Waals surface area contributed by atoms with E-state index >= 15 is 0 Å². The van der Waals surface area contributed by atoms with Crippen LogP contribution in [0.2, 0.25) is 0 Å². The lowest BCUT2D eigenvalue weighted by Gasteiger charge is -2.25. The van der Waals surface area contributed by atoms with E-state index in [2.05, 4.69) is 5.32 Å². The second kappa shape index (κ2) is 6.95. The van der Waals surface area contributed by atoms with Crippen LogP contribution in [0.3, 0.4) is 0 Å². The predicted octanol–water partition coefficient (Wildman–Crippen LogP) is -0.305. The topological polar surface area (TPSA) is 121 Å². The molecule has 2 aromatic rings. The van der Waals surface area contributed by atoms with E-state index in [9.17, 15) is 24.3 Å². The van der Waals surface area contributed by atoms with Gasteiger partial charge in [-0.1, -0.05) is 30.3 Å². The number of nitrogens with one attached hydrogen (secondary N) is 2. The molecule has 0 aliphatic heterocycles. The number of aromatic amines is 1. The molecule has 0 aliphatic carbocycles. The van der Waals surface area contributed by atoms with E-state index in [1.807, 2.05) is 4.98 Å². The molecular formula is C16H17N3O5. The van der Waals surface area contributed by atoms with Crippen molar-refractivity contribution in [3.05, 3.63) is 69.0 Å². The first-order valence-corrected chi connectivity index (χ1v) is 7.18. The minimum absolute atomic E-state index is 0.136. The van der Waals surface area contributed by atoms with Crippen molar-refractivity contribution in [1.82, 2.24) is 14.9 Å². The molecule has 0 aliphatic rings. The molecule has 1 amide bonds. The first-order chi connectivity index (χ1) is 11.3. The standard InChI is InChI=1S/C16H17N3O5/c1-16(14(22)23,11-5-3-2-4-6-11)10-17-13(21)9-19-8-7-12(20)18-15(19)24/h2-8H,9-10H2,1H3,(H,17,21)(H,22,23)(H,18,20,24). The zero-order chi connectivity index (χ0) is 17.7. The number of hydrogen-bond acceptors (Lipinski definition) is 4. The van der Waals surface area contributed by atoms with E-state index in [4.69, 9.17) is 0 Å². The monoisotopic (exact) mass is 331 g/mol. The highest BCUT2D eigenvalue weighted by molar-refractivity contribution is 5.83. The summed E-state index contributed by atoms with van der Waals surface area (Å²) in [6.45, 7) is 1.06. The van der Waals surface area contributed by atoms with Crippen LogP contribution in [0.25, 0.3) is 0 Å². The molecule has 1 aromatic carbocycles. The third kappa shape index (κ3) is 3.78. The van der Waals surface area contributed by atoms with Gasteiger partial charge in [-0.15, -0.1) is 0 Å². The molecule has 0 saturated carbocycles. The number of hydrogen-bond donors (Lipinski definition) is 3. The number of nitrogens with zero attached hydrogens (tertiary/aromatic N) is 1. The van der Waals surface area contributed by atoms with Gasteiger partial charge in [-0.05, 0) is 12.5 Å². The number of amides is 1. The van der Waals surface area contributed by atoms with Crippen LogP contribution < -0.4 is 16.6 Å². The third-order valence-electron chi connectivity index (χ3n) is 3.73. The maximum absolute atomic E-state index is 12.0. The van der Waals surface area contributed by atoms with E-state index in [1.54, 1.807) is 30.3 Å². The number of aromatic nitrogens is 2. The van der Waals surface area contributed by atoms with Gasteiger partial charge in [0, 0.05) is 18.8 Å². The molecule has 1 atom stereocenters. The van der Waals surface area contributed by atoms with Crippen LogP contribution in [-0.2, 0) is 21.5 Å². The lowest BCUT2D eigenvalue weighted by atomic mass is 9.82. The first kappa shape index (κ1) is 17.2. The summed E-state index contributed by atoms with van der Waals surface area (Å²) in [6, 6.07) is 9.68. The number of rotatable bonds is 6. The van der Waals surface area contributed by atoms with Crippen LogP contribution in [0.5, 0.6) is 0 Å². The van der Waals surface area contributed by atoms with Gasteiger partial charge in [0.25, 0.3) is 5.56 Å². The molecule has 126 valence electrons. The lowest BCUT2D eigenvalue weighted by Crippen LogP contribution is -2.46. The smallest absolute Gasteiger partial charge is 0.328 e. The highest BCUT2D eigenvalue weighted by Gasteiger charge is 2.35. The SMILES string of the molecule is CC(CNC(=O)Cn1ccc(=O)[nH]c1=O)(C(=O)O)c1ccccc1. The highest BCUT2D eigenvalue weighted by Crippen LogP contribution is 2.23. The molecule has 24 heavy (non-hydrogen) atoms. The number of carboxylic acids is 1. The highest BCUT2D eigenvalue weighted by atomic mass is 16.4. The van der Waals surface area contributed by atoms with Crippen molar-refractivity contribution in [2.24, 2.45) is 0 Å². The van der Waals surface area contributed by atoms with Crippen molar-refractivity contribution < 1.29 is 14.7 Å². The lowest BCUT2D eigenvalue weighted by molar-refractivity contribution is -0.143. The predicted molar refractivity (Wildman–Crippen MR) is 85.8 cm³/mol. The minimum Gasteiger partial charge on any atom is -0.481 e. The average molecular weight is 331 g/mol. The van der Waals surface area contributed by atoms with E-state index in [-0.39, 0.29) is 13.1 Å². The van der Waals surface area contributed by atoms with Crippen LogP contribution in [0.4, 0.5) is 0 Å². The zero-order valence-corrected chi connectivity index (χ0v) is 13.0. The van der Waals surface area contributed by atoms with Crippen molar-refractivity contribution in [1.29, 1.82) is 0 Å². The van der Waals surface area contributed by atoms with E-state index < -0.39 is 28.5 Å². The largest absolute Gasteiger partial charge is 0.481 e. The Bertz CT molecular complexity index is 856. The van der Waals surface area contributed by atoms with Gasteiger partial charge in [0.1, 0.15) is 12.0 Å². The van der Waals surface area contributed by atoms with E-state index in [0.717, 1.165) is 10.6 Å². The first-order valence-electron chi connectivity index (χ1n) is 7.18. The van der Waals surface area contributed by atoms with E-state index in [1.165, 1.54) is 13.1 Å². The number of carbonyl (C=O) groups is 2. The second-order valence-electron chi connectivity index (χ2n) is 5.52. The van der Waals surface area contributed by atoms with Crippen LogP contribution in [-0.4, -0.2) is 33.1 Å². The van der Waals surface area contributed by atoms with Gasteiger partial charge in [0.15, 0.2) is 0 Å². The summed E-state index contributed by atoms with van der Waals surface area (Å²) in [6.07, 6.45) is 1.20. The fourth-order valence-corrected chi connectivity index (χ4v) is 2.16. The summed E-state index contributed by atoms with van der Waals surface area (Å²) in [4.78, 5) is 48.2. The Balaban J connectivity index is 2.10. The average Bonchev–Trinajstić information content (AvgIpc) is 2.56. The maximum atomic E-state index is 12.0. The fourth-order valence-electron chi connectivity index (χ4n) is 2.16. The summed E-state index contributed by atoms with van der Waals surface area (Å²) in [5, 5.41) is 12.0. The quantitative estimate of drug-likeness (QED) is 0.671. The number of H-pyrrole nitrogens is 1. The molecule has 0 fully saturated rings. The Labute approximate surface area is 136 Å². The Kier molecular flexibility index (Phi) is 4.98. The minimum atomic E-state index is -1.30. The molecule has 1 aromatic heterocycles. The maximum Gasteiger partial charge on any atom is 0.328 e. The van der Waals surface area contributed by atoms with Gasteiger partial charge in [-0.3, -0.25) is 23.9 Å². The van der Waals surface area contributed by atoms with E-state index in [0.29, 0.717) is 5.56 Å². The van der Waals surface area contributed by atoms with Crippen molar-refractivity contribution >= 4 is 11.9 Å². The molecule has 3 N–H and O–H groups in total. The van der Waals surface area contributed by atoms with Crippen LogP contribution in [0, 0.1) is 0 Å². The summed E-state index contributed by atoms with van der Waals surface area (Å²) in [5.74, 6) is -1.61. The van der Waals surface area contributed by atoms with Crippen molar-refractivity contribution in [2.45, 2.75) is 18.9 Å². The molecule has 1 heterocycles. The van der Waals surface area contributed by atoms with Crippen molar-refractivity contribution in [3.63, 3.8) is 0 Å². The second-order valence-corrected chi connectivity index (χ2v) is 5.52. The molecule has 0 bridgehead atoms. The van der Waals surface area contributed by atoms with Crippen LogP contribution in [0.1, 0.15) is 12.5 Å². The zero-order valence-electron chi connectivity index (χ0n) is 13.0. The van der Waals surface area contributed by atoms with Gasteiger partial charge in [-0.25, -0.2) is 4.79 Å². The number of aliphatic carboxylic acids is 1. The van der Waals surface area contributed by atoms with Gasteiger partial charge in [0.05, 0.1) is 0 Å². The van der Waals surface area contributed by atoms with Crippen LogP contribution in [0.15, 0.2) is 52.2 Å². The number of benzene rings is 1. The van der Waals surface area contributed by atoms with Crippen molar-refractivity contribution in [2.75, 3.05) is 6.54 Å². The van der Waals surface area contributed by atoms with Gasteiger partial charge >= 0.3 is 11.7 Å². The Hall–Kier alpha value is -3.16. The molecule has 0 radical (unpaired) electrons. The van der Waals surface area contributed by atoms with Gasteiger partial charge in [0.2, 0.25) is 5.91 Å².